The smallest absolute Gasteiger partial charge is 0.164 e. The van der Waals surface area contributed by atoms with Gasteiger partial charge < -0.3 is 0 Å². The topological polar surface area (TPSA) is 38.7 Å². The molecular formula is C45H29N3S. The van der Waals surface area contributed by atoms with Gasteiger partial charge in [-0.1, -0.05) is 158 Å². The van der Waals surface area contributed by atoms with E-state index in [0.717, 1.165) is 22.3 Å². The Bertz CT molecular complexity index is 2520. The summed E-state index contributed by atoms with van der Waals surface area (Å²) in [6, 6.07) is 61.6. The van der Waals surface area contributed by atoms with Crippen molar-refractivity contribution in [2.24, 2.45) is 0 Å². The summed E-state index contributed by atoms with van der Waals surface area (Å²) in [6.07, 6.45) is 0. The molecule has 0 aliphatic heterocycles. The van der Waals surface area contributed by atoms with E-state index in [2.05, 4.69) is 115 Å². The van der Waals surface area contributed by atoms with E-state index in [4.69, 9.17) is 15.0 Å². The fourth-order valence-corrected chi connectivity index (χ4v) is 7.67. The van der Waals surface area contributed by atoms with Gasteiger partial charge in [-0.05, 0) is 51.6 Å². The van der Waals surface area contributed by atoms with Crippen molar-refractivity contribution in [3.63, 3.8) is 0 Å². The molecule has 0 N–H and O–H groups in total. The molecule has 0 unspecified atom stereocenters. The average Bonchev–Trinajstić information content (AvgIpc) is 3.57. The number of fused-ring (bicyclic) bond motifs is 3. The molecule has 0 fully saturated rings. The second kappa shape index (κ2) is 12.4. The van der Waals surface area contributed by atoms with Crippen LogP contribution in [0.1, 0.15) is 0 Å². The van der Waals surface area contributed by atoms with E-state index >= 15 is 0 Å². The largest absolute Gasteiger partial charge is 0.208 e. The van der Waals surface area contributed by atoms with Gasteiger partial charge in [-0.3, -0.25) is 0 Å². The molecule has 0 aliphatic carbocycles. The minimum atomic E-state index is 0.652. The van der Waals surface area contributed by atoms with Gasteiger partial charge in [0.05, 0.1) is 0 Å². The molecule has 3 nitrogen and oxygen atoms in total. The number of hydrogen-bond acceptors (Lipinski definition) is 4. The molecule has 0 saturated carbocycles. The Morgan fingerprint density at radius 3 is 1.41 bits per heavy atom. The van der Waals surface area contributed by atoms with Crippen molar-refractivity contribution in [3.05, 3.63) is 176 Å². The molecule has 7 aromatic carbocycles. The summed E-state index contributed by atoms with van der Waals surface area (Å²) < 4.78 is 2.52. The molecule has 0 bridgehead atoms. The number of hydrogen-bond donors (Lipinski definition) is 0. The van der Waals surface area contributed by atoms with Crippen molar-refractivity contribution in [3.8, 4) is 67.5 Å². The molecular weight excluding hydrogens is 615 g/mol. The SMILES string of the molecule is c1ccc(-c2ccc(-c3ccc4sc5cccc(-c6ccccc6-c6nc(-c7ccccc7)nc(-c7ccccc7)n6)c5c4c3)cc2)cc1. The lowest BCUT2D eigenvalue weighted by atomic mass is 9.94. The molecule has 0 amide bonds. The van der Waals surface area contributed by atoms with Crippen molar-refractivity contribution in [2.45, 2.75) is 0 Å². The van der Waals surface area contributed by atoms with E-state index in [1.54, 1.807) is 0 Å². The summed E-state index contributed by atoms with van der Waals surface area (Å²) in [5.74, 6) is 1.96. The van der Waals surface area contributed by atoms with Crippen LogP contribution in [0.4, 0.5) is 0 Å². The maximum atomic E-state index is 5.08. The van der Waals surface area contributed by atoms with Crippen molar-refractivity contribution < 1.29 is 0 Å². The van der Waals surface area contributed by atoms with Gasteiger partial charge in [-0.15, -0.1) is 11.3 Å². The normalized spacial score (nSPS) is 11.3. The lowest BCUT2D eigenvalue weighted by Gasteiger charge is -2.13. The summed E-state index contributed by atoms with van der Waals surface area (Å²) in [5, 5.41) is 2.50. The van der Waals surface area contributed by atoms with Crippen LogP contribution in [0, 0.1) is 0 Å². The minimum absolute atomic E-state index is 0.652. The molecule has 230 valence electrons. The van der Waals surface area contributed by atoms with Crippen LogP contribution in [0.5, 0.6) is 0 Å². The monoisotopic (exact) mass is 643 g/mol. The molecule has 2 aromatic heterocycles. The molecule has 49 heavy (non-hydrogen) atoms. The van der Waals surface area contributed by atoms with Crippen LogP contribution >= 0.6 is 11.3 Å². The van der Waals surface area contributed by atoms with Gasteiger partial charge in [-0.2, -0.15) is 0 Å². The molecule has 4 heteroatoms. The molecule has 0 atom stereocenters. The number of nitrogens with zero attached hydrogens (tertiary/aromatic N) is 3. The number of rotatable bonds is 6. The predicted molar refractivity (Wildman–Crippen MR) is 205 cm³/mol. The Hall–Kier alpha value is -6.23. The van der Waals surface area contributed by atoms with Gasteiger partial charge in [0.1, 0.15) is 0 Å². The van der Waals surface area contributed by atoms with Crippen molar-refractivity contribution in [1.29, 1.82) is 0 Å². The van der Waals surface area contributed by atoms with Gasteiger partial charge >= 0.3 is 0 Å². The minimum Gasteiger partial charge on any atom is -0.208 e. The summed E-state index contributed by atoms with van der Waals surface area (Å²) in [5.41, 5.74) is 9.98. The Labute approximate surface area is 288 Å². The third-order valence-electron chi connectivity index (χ3n) is 8.98. The fraction of sp³-hybridized carbons (Fsp3) is 0. The Kier molecular flexibility index (Phi) is 7.34. The lowest BCUT2D eigenvalue weighted by molar-refractivity contribution is 1.07. The second-order valence-electron chi connectivity index (χ2n) is 12.0. The zero-order valence-electron chi connectivity index (χ0n) is 26.5. The molecule has 0 radical (unpaired) electrons. The maximum absolute atomic E-state index is 5.08. The molecule has 0 spiro atoms. The zero-order valence-corrected chi connectivity index (χ0v) is 27.3. The standard InChI is InChI=1S/C45H29N3S/c1-4-13-30(14-5-1)31-23-25-32(26-24-31)35-27-28-40-39(29-35)42-37(21-12-22-41(42)49-40)36-19-10-11-20-38(36)45-47-43(33-15-6-2-7-16-33)46-44(48-45)34-17-8-3-9-18-34/h1-29H. The average molecular weight is 644 g/mol. The van der Waals surface area contributed by atoms with Crippen LogP contribution in [0.3, 0.4) is 0 Å². The predicted octanol–water partition coefficient (Wildman–Crippen LogP) is 12.2. The van der Waals surface area contributed by atoms with Crippen LogP contribution < -0.4 is 0 Å². The van der Waals surface area contributed by atoms with Crippen LogP contribution in [-0.2, 0) is 0 Å². The summed E-state index contributed by atoms with van der Waals surface area (Å²) in [4.78, 5) is 15.1. The van der Waals surface area contributed by atoms with Gasteiger partial charge in [0.25, 0.3) is 0 Å². The maximum Gasteiger partial charge on any atom is 0.164 e. The van der Waals surface area contributed by atoms with E-state index in [1.807, 2.05) is 72.0 Å². The summed E-state index contributed by atoms with van der Waals surface area (Å²) >= 11 is 1.83. The van der Waals surface area contributed by atoms with Crippen LogP contribution in [0.25, 0.3) is 87.7 Å². The fourth-order valence-electron chi connectivity index (χ4n) is 6.56. The van der Waals surface area contributed by atoms with Gasteiger partial charge in [0.2, 0.25) is 0 Å². The number of thiophene rings is 1. The van der Waals surface area contributed by atoms with E-state index < -0.39 is 0 Å². The number of benzene rings is 7. The zero-order chi connectivity index (χ0) is 32.6. The van der Waals surface area contributed by atoms with E-state index in [9.17, 15) is 0 Å². The number of aromatic nitrogens is 3. The van der Waals surface area contributed by atoms with Gasteiger partial charge in [0, 0.05) is 36.9 Å². The summed E-state index contributed by atoms with van der Waals surface area (Å²) in [6.45, 7) is 0. The third-order valence-corrected chi connectivity index (χ3v) is 10.1. The molecule has 9 aromatic rings. The van der Waals surface area contributed by atoms with Crippen molar-refractivity contribution in [1.82, 2.24) is 15.0 Å². The Balaban J connectivity index is 1.20. The first-order chi connectivity index (χ1) is 24.3. The van der Waals surface area contributed by atoms with Crippen LogP contribution in [-0.4, -0.2) is 15.0 Å². The van der Waals surface area contributed by atoms with E-state index in [0.29, 0.717) is 17.5 Å². The molecule has 2 heterocycles. The van der Waals surface area contributed by atoms with E-state index in [-0.39, 0.29) is 0 Å². The highest BCUT2D eigenvalue weighted by atomic mass is 32.1. The molecule has 0 saturated heterocycles. The van der Waals surface area contributed by atoms with Gasteiger partial charge in [0.15, 0.2) is 17.5 Å². The second-order valence-corrected chi connectivity index (χ2v) is 13.1. The van der Waals surface area contributed by atoms with Crippen LogP contribution in [0.15, 0.2) is 176 Å². The Morgan fingerprint density at radius 1 is 0.306 bits per heavy atom. The summed E-state index contributed by atoms with van der Waals surface area (Å²) in [7, 11) is 0. The first-order valence-electron chi connectivity index (χ1n) is 16.4. The highest BCUT2D eigenvalue weighted by Gasteiger charge is 2.18. The molecule has 9 rings (SSSR count). The van der Waals surface area contributed by atoms with Crippen molar-refractivity contribution in [2.75, 3.05) is 0 Å². The molecule has 0 aliphatic rings. The van der Waals surface area contributed by atoms with Crippen LogP contribution in [0.2, 0.25) is 0 Å². The quantitative estimate of drug-likeness (QED) is 0.181. The first-order valence-corrected chi connectivity index (χ1v) is 17.2. The van der Waals surface area contributed by atoms with Gasteiger partial charge in [-0.25, -0.2) is 15.0 Å². The lowest BCUT2D eigenvalue weighted by Crippen LogP contribution is -2.01. The van der Waals surface area contributed by atoms with Crippen molar-refractivity contribution >= 4 is 31.5 Å². The highest BCUT2D eigenvalue weighted by Crippen LogP contribution is 2.44. The highest BCUT2D eigenvalue weighted by molar-refractivity contribution is 7.26. The van der Waals surface area contributed by atoms with E-state index in [1.165, 1.54) is 48.0 Å². The first kappa shape index (κ1) is 29.0. The third kappa shape index (κ3) is 5.48. The Morgan fingerprint density at radius 2 is 0.776 bits per heavy atom.